The van der Waals surface area contributed by atoms with E-state index in [1.165, 1.54) is 11.8 Å². The van der Waals surface area contributed by atoms with Crippen LogP contribution >= 0.6 is 0 Å². The van der Waals surface area contributed by atoms with Crippen molar-refractivity contribution in [2.24, 2.45) is 5.73 Å². The first-order valence-corrected chi connectivity index (χ1v) is 7.99. The SMILES string of the molecule is CC(=O)N1CCC(N(CC(=O)O)C(=O)c2cccc(CN)c2)CC1. The van der Waals surface area contributed by atoms with Crippen molar-refractivity contribution in [3.63, 3.8) is 0 Å². The minimum atomic E-state index is -1.05. The molecule has 24 heavy (non-hydrogen) atoms. The second-order valence-electron chi connectivity index (χ2n) is 5.97. The normalized spacial score (nSPS) is 15.2. The number of carboxylic acid groups (broad SMARTS) is 1. The summed E-state index contributed by atoms with van der Waals surface area (Å²) in [6, 6.07) is 6.74. The number of benzene rings is 1. The van der Waals surface area contributed by atoms with E-state index in [0.29, 0.717) is 38.0 Å². The van der Waals surface area contributed by atoms with E-state index in [0.717, 1.165) is 5.56 Å². The van der Waals surface area contributed by atoms with Gasteiger partial charge in [0.25, 0.3) is 5.91 Å². The second kappa shape index (κ2) is 7.92. The molecule has 1 aliphatic heterocycles. The molecular weight excluding hydrogens is 310 g/mol. The number of nitrogens with two attached hydrogens (primary N) is 1. The van der Waals surface area contributed by atoms with Gasteiger partial charge in [0.15, 0.2) is 0 Å². The highest BCUT2D eigenvalue weighted by Crippen LogP contribution is 2.19. The highest BCUT2D eigenvalue weighted by molar-refractivity contribution is 5.96. The Morgan fingerprint density at radius 3 is 2.50 bits per heavy atom. The van der Waals surface area contributed by atoms with E-state index in [9.17, 15) is 19.5 Å². The topological polar surface area (TPSA) is 104 Å². The van der Waals surface area contributed by atoms with E-state index in [1.807, 2.05) is 6.07 Å². The summed E-state index contributed by atoms with van der Waals surface area (Å²) in [6.45, 7) is 2.55. The Morgan fingerprint density at radius 2 is 1.96 bits per heavy atom. The van der Waals surface area contributed by atoms with Crippen molar-refractivity contribution >= 4 is 17.8 Å². The molecule has 0 saturated carbocycles. The molecule has 2 rings (SSSR count). The molecule has 0 spiro atoms. The first kappa shape index (κ1) is 17.9. The van der Waals surface area contributed by atoms with Crippen LogP contribution in [0.25, 0.3) is 0 Å². The van der Waals surface area contributed by atoms with Gasteiger partial charge in [0.05, 0.1) is 0 Å². The quantitative estimate of drug-likeness (QED) is 0.825. The first-order valence-electron chi connectivity index (χ1n) is 7.99. The summed E-state index contributed by atoms with van der Waals surface area (Å²) in [5.41, 5.74) is 6.87. The average Bonchev–Trinajstić information content (AvgIpc) is 2.59. The van der Waals surface area contributed by atoms with E-state index < -0.39 is 5.97 Å². The maximum Gasteiger partial charge on any atom is 0.323 e. The number of carbonyl (C=O) groups excluding carboxylic acids is 2. The molecule has 7 nitrogen and oxygen atoms in total. The minimum absolute atomic E-state index is 0.000193. The summed E-state index contributed by atoms with van der Waals surface area (Å²) in [7, 11) is 0. The smallest absolute Gasteiger partial charge is 0.323 e. The Morgan fingerprint density at radius 1 is 1.29 bits per heavy atom. The number of amides is 2. The molecule has 1 saturated heterocycles. The zero-order valence-electron chi connectivity index (χ0n) is 13.8. The van der Waals surface area contributed by atoms with E-state index >= 15 is 0 Å². The summed E-state index contributed by atoms with van der Waals surface area (Å²) >= 11 is 0. The molecule has 0 unspecified atom stereocenters. The Hall–Kier alpha value is -2.41. The van der Waals surface area contributed by atoms with E-state index in [2.05, 4.69) is 0 Å². The van der Waals surface area contributed by atoms with Crippen molar-refractivity contribution in [1.29, 1.82) is 0 Å². The third-order valence-electron chi connectivity index (χ3n) is 4.33. The van der Waals surface area contributed by atoms with Crippen molar-refractivity contribution < 1.29 is 19.5 Å². The zero-order valence-corrected chi connectivity index (χ0v) is 13.8. The molecule has 0 atom stereocenters. The minimum Gasteiger partial charge on any atom is -0.480 e. The van der Waals surface area contributed by atoms with Gasteiger partial charge in [0.2, 0.25) is 5.91 Å². The van der Waals surface area contributed by atoms with Crippen LogP contribution in [0.4, 0.5) is 0 Å². The Bertz CT molecular complexity index is 624. The van der Waals surface area contributed by atoms with E-state index in [-0.39, 0.29) is 24.4 Å². The third-order valence-corrected chi connectivity index (χ3v) is 4.33. The van der Waals surface area contributed by atoms with Crippen LogP contribution in [0.15, 0.2) is 24.3 Å². The lowest BCUT2D eigenvalue weighted by molar-refractivity contribution is -0.139. The van der Waals surface area contributed by atoms with Gasteiger partial charge in [0, 0.05) is 38.2 Å². The van der Waals surface area contributed by atoms with Gasteiger partial charge in [-0.3, -0.25) is 14.4 Å². The predicted molar refractivity (Wildman–Crippen MR) is 88.3 cm³/mol. The van der Waals surface area contributed by atoms with Crippen molar-refractivity contribution in [2.45, 2.75) is 32.4 Å². The standard InChI is InChI=1S/C17H23N3O4/c1-12(21)19-7-5-15(6-8-19)20(11-16(22)23)17(24)14-4-2-3-13(9-14)10-18/h2-4,9,15H,5-8,10-11,18H2,1H3,(H,22,23). The molecule has 1 heterocycles. The van der Waals surface area contributed by atoms with Crippen LogP contribution in [-0.4, -0.2) is 58.4 Å². The predicted octanol–water partition coefficient (Wildman–Crippen LogP) is 0.683. The number of rotatable bonds is 5. The van der Waals surface area contributed by atoms with Crippen LogP contribution in [-0.2, 0) is 16.1 Å². The van der Waals surface area contributed by atoms with Crippen molar-refractivity contribution in [2.75, 3.05) is 19.6 Å². The van der Waals surface area contributed by atoms with E-state index in [1.54, 1.807) is 23.1 Å². The fourth-order valence-corrected chi connectivity index (χ4v) is 3.00. The van der Waals surface area contributed by atoms with Crippen LogP contribution < -0.4 is 5.73 Å². The van der Waals surface area contributed by atoms with Gasteiger partial charge in [-0.25, -0.2) is 0 Å². The Labute approximate surface area is 141 Å². The Balaban J connectivity index is 2.17. The molecule has 3 N–H and O–H groups in total. The molecule has 0 aliphatic carbocycles. The number of nitrogens with zero attached hydrogens (tertiary/aromatic N) is 2. The zero-order chi connectivity index (χ0) is 17.7. The van der Waals surface area contributed by atoms with Crippen molar-refractivity contribution in [1.82, 2.24) is 9.80 Å². The molecule has 1 aromatic rings. The van der Waals surface area contributed by atoms with Crippen LogP contribution in [0.3, 0.4) is 0 Å². The van der Waals surface area contributed by atoms with Gasteiger partial charge in [-0.15, -0.1) is 0 Å². The molecule has 130 valence electrons. The maximum absolute atomic E-state index is 12.8. The molecule has 0 radical (unpaired) electrons. The van der Waals surface area contributed by atoms with Crippen LogP contribution in [0.2, 0.25) is 0 Å². The highest BCUT2D eigenvalue weighted by atomic mass is 16.4. The number of carboxylic acids is 1. The number of likely N-dealkylation sites (tertiary alicyclic amines) is 1. The van der Waals surface area contributed by atoms with Crippen LogP contribution in [0.5, 0.6) is 0 Å². The number of hydrogen-bond acceptors (Lipinski definition) is 4. The molecule has 1 aromatic carbocycles. The van der Waals surface area contributed by atoms with Crippen LogP contribution in [0.1, 0.15) is 35.7 Å². The second-order valence-corrected chi connectivity index (χ2v) is 5.97. The molecule has 0 aromatic heterocycles. The first-order chi connectivity index (χ1) is 11.4. The summed E-state index contributed by atoms with van der Waals surface area (Å²) in [5.74, 6) is -1.36. The summed E-state index contributed by atoms with van der Waals surface area (Å²) < 4.78 is 0. The Kier molecular flexibility index (Phi) is 5.92. The fraction of sp³-hybridized carbons (Fsp3) is 0.471. The van der Waals surface area contributed by atoms with Gasteiger partial charge < -0.3 is 20.6 Å². The number of hydrogen-bond donors (Lipinski definition) is 2. The number of aliphatic carboxylic acids is 1. The van der Waals surface area contributed by atoms with Gasteiger partial charge in [-0.05, 0) is 30.5 Å². The molecule has 7 heteroatoms. The van der Waals surface area contributed by atoms with Gasteiger partial charge in [-0.2, -0.15) is 0 Å². The van der Waals surface area contributed by atoms with Gasteiger partial charge in [0.1, 0.15) is 6.54 Å². The number of piperidine rings is 1. The van der Waals surface area contributed by atoms with Gasteiger partial charge in [-0.1, -0.05) is 12.1 Å². The van der Waals surface area contributed by atoms with Crippen molar-refractivity contribution in [3.8, 4) is 0 Å². The average molecular weight is 333 g/mol. The van der Waals surface area contributed by atoms with E-state index in [4.69, 9.17) is 5.73 Å². The third kappa shape index (κ3) is 4.32. The lowest BCUT2D eigenvalue weighted by Gasteiger charge is -2.37. The van der Waals surface area contributed by atoms with Gasteiger partial charge >= 0.3 is 5.97 Å². The van der Waals surface area contributed by atoms with Crippen molar-refractivity contribution in [3.05, 3.63) is 35.4 Å². The maximum atomic E-state index is 12.8. The molecule has 1 aliphatic rings. The molecule has 0 bridgehead atoms. The largest absolute Gasteiger partial charge is 0.480 e. The summed E-state index contributed by atoms with van der Waals surface area (Å²) in [4.78, 5) is 38.5. The molecule has 1 fully saturated rings. The molecular formula is C17H23N3O4. The van der Waals surface area contributed by atoms with Crippen LogP contribution in [0, 0.1) is 0 Å². The fourth-order valence-electron chi connectivity index (χ4n) is 3.00. The summed E-state index contributed by atoms with van der Waals surface area (Å²) in [5, 5.41) is 9.17. The molecule has 2 amide bonds. The summed E-state index contributed by atoms with van der Waals surface area (Å²) in [6.07, 6.45) is 1.16. The highest BCUT2D eigenvalue weighted by Gasteiger charge is 2.30. The lowest BCUT2D eigenvalue weighted by Crippen LogP contribution is -2.50. The lowest BCUT2D eigenvalue weighted by atomic mass is 10.0. The number of carbonyl (C=O) groups is 3. The monoisotopic (exact) mass is 333 g/mol.